The minimum absolute atomic E-state index is 1.01. The van der Waals surface area contributed by atoms with E-state index in [4.69, 9.17) is 4.98 Å². The van der Waals surface area contributed by atoms with E-state index < -0.39 is 0 Å². The summed E-state index contributed by atoms with van der Waals surface area (Å²) in [5.41, 5.74) is 4.80. The van der Waals surface area contributed by atoms with Gasteiger partial charge in [-0.05, 0) is 38.0 Å². The fourth-order valence-corrected chi connectivity index (χ4v) is 2.18. The van der Waals surface area contributed by atoms with Crippen LogP contribution in [0.4, 0.5) is 5.69 Å². The third kappa shape index (κ3) is 2.81. The summed E-state index contributed by atoms with van der Waals surface area (Å²) in [4.78, 5) is 4.73. The highest BCUT2D eigenvalue weighted by Gasteiger charge is 2.05. The minimum atomic E-state index is 1.01. The lowest BCUT2D eigenvalue weighted by atomic mass is 10.1. The van der Waals surface area contributed by atoms with Gasteiger partial charge < -0.3 is 5.32 Å². The summed E-state index contributed by atoms with van der Waals surface area (Å²) in [7, 11) is 0. The minimum Gasteiger partial charge on any atom is -0.384 e. The standard InChI is InChI=1S/C16H22N2/c1-4-6-13-11-16(17-9-5-2)14-10-12(3)7-8-15(14)18-13/h7-8,10-11H,4-6,9H2,1-3H3,(H,17,18). The fourth-order valence-electron chi connectivity index (χ4n) is 2.18. The van der Waals surface area contributed by atoms with Gasteiger partial charge in [-0.15, -0.1) is 0 Å². The molecule has 0 bridgehead atoms. The molecule has 0 aliphatic carbocycles. The highest BCUT2D eigenvalue weighted by atomic mass is 14.9. The quantitative estimate of drug-likeness (QED) is 0.844. The molecule has 2 rings (SSSR count). The molecule has 0 radical (unpaired) electrons. The molecule has 0 fully saturated rings. The number of rotatable bonds is 5. The van der Waals surface area contributed by atoms with Crippen molar-refractivity contribution in [2.45, 2.75) is 40.0 Å². The zero-order valence-electron chi connectivity index (χ0n) is 11.6. The van der Waals surface area contributed by atoms with Crippen LogP contribution in [0.3, 0.4) is 0 Å². The summed E-state index contributed by atoms with van der Waals surface area (Å²) in [5, 5.41) is 4.76. The van der Waals surface area contributed by atoms with Crippen LogP contribution >= 0.6 is 0 Å². The van der Waals surface area contributed by atoms with Crippen molar-refractivity contribution < 1.29 is 0 Å². The van der Waals surface area contributed by atoms with Crippen LogP contribution in [0, 0.1) is 6.92 Å². The predicted molar refractivity (Wildman–Crippen MR) is 79.3 cm³/mol. The van der Waals surface area contributed by atoms with Crippen molar-refractivity contribution >= 4 is 16.6 Å². The molecule has 1 aromatic heterocycles. The maximum Gasteiger partial charge on any atom is 0.0726 e. The lowest BCUT2D eigenvalue weighted by Gasteiger charge is -2.11. The van der Waals surface area contributed by atoms with Crippen LogP contribution in [0.25, 0.3) is 10.9 Å². The van der Waals surface area contributed by atoms with Gasteiger partial charge in [-0.1, -0.05) is 31.9 Å². The molecule has 2 heteroatoms. The first-order valence-corrected chi connectivity index (χ1v) is 6.88. The van der Waals surface area contributed by atoms with Gasteiger partial charge in [0.2, 0.25) is 0 Å². The number of fused-ring (bicyclic) bond motifs is 1. The largest absolute Gasteiger partial charge is 0.384 e. The summed E-state index contributed by atoms with van der Waals surface area (Å²) < 4.78 is 0. The lowest BCUT2D eigenvalue weighted by Crippen LogP contribution is -2.02. The average molecular weight is 242 g/mol. The molecule has 18 heavy (non-hydrogen) atoms. The van der Waals surface area contributed by atoms with Gasteiger partial charge in [0.05, 0.1) is 5.52 Å². The number of anilines is 1. The normalized spacial score (nSPS) is 10.8. The summed E-state index contributed by atoms with van der Waals surface area (Å²) in [6, 6.07) is 8.69. The van der Waals surface area contributed by atoms with Gasteiger partial charge in [-0.25, -0.2) is 0 Å². The molecule has 0 amide bonds. The predicted octanol–water partition coefficient (Wildman–Crippen LogP) is 4.32. The van der Waals surface area contributed by atoms with E-state index in [2.05, 4.69) is 50.4 Å². The Labute approximate surface area is 109 Å². The van der Waals surface area contributed by atoms with Crippen LogP contribution in [0.5, 0.6) is 0 Å². The van der Waals surface area contributed by atoms with Gasteiger partial charge in [0.15, 0.2) is 0 Å². The van der Waals surface area contributed by atoms with Crippen molar-refractivity contribution in [2.75, 3.05) is 11.9 Å². The second-order valence-electron chi connectivity index (χ2n) is 4.86. The maximum atomic E-state index is 4.73. The molecule has 96 valence electrons. The second kappa shape index (κ2) is 5.85. The smallest absolute Gasteiger partial charge is 0.0726 e. The van der Waals surface area contributed by atoms with Crippen LogP contribution in [-0.2, 0) is 6.42 Å². The van der Waals surface area contributed by atoms with Crippen LogP contribution in [0.15, 0.2) is 24.3 Å². The number of benzene rings is 1. The fraction of sp³-hybridized carbons (Fsp3) is 0.438. The van der Waals surface area contributed by atoms with Gasteiger partial charge in [0.25, 0.3) is 0 Å². The first-order chi connectivity index (χ1) is 8.74. The zero-order chi connectivity index (χ0) is 13.0. The molecule has 1 heterocycles. The summed E-state index contributed by atoms with van der Waals surface area (Å²) in [5.74, 6) is 0. The van der Waals surface area contributed by atoms with Crippen LogP contribution in [-0.4, -0.2) is 11.5 Å². The van der Waals surface area contributed by atoms with Gasteiger partial charge in [0.1, 0.15) is 0 Å². The molecule has 0 saturated heterocycles. The number of hydrogen-bond donors (Lipinski definition) is 1. The number of nitrogens with one attached hydrogen (secondary N) is 1. The van der Waals surface area contributed by atoms with Crippen molar-refractivity contribution in [2.24, 2.45) is 0 Å². The number of nitrogens with zero attached hydrogens (tertiary/aromatic N) is 1. The topological polar surface area (TPSA) is 24.9 Å². The second-order valence-corrected chi connectivity index (χ2v) is 4.86. The Morgan fingerprint density at radius 3 is 2.67 bits per heavy atom. The Morgan fingerprint density at radius 1 is 1.11 bits per heavy atom. The Bertz CT molecular complexity index is 532. The van der Waals surface area contributed by atoms with Crippen molar-refractivity contribution in [3.8, 4) is 0 Å². The summed E-state index contributed by atoms with van der Waals surface area (Å²) >= 11 is 0. The third-order valence-electron chi connectivity index (χ3n) is 3.09. The average Bonchev–Trinajstić information content (AvgIpc) is 2.37. The first kappa shape index (κ1) is 12.9. The summed E-state index contributed by atoms with van der Waals surface area (Å²) in [6.45, 7) is 7.52. The number of aryl methyl sites for hydroxylation is 2. The van der Waals surface area contributed by atoms with Crippen LogP contribution in [0.1, 0.15) is 37.9 Å². The molecular formula is C16H22N2. The number of pyridine rings is 1. The molecule has 0 atom stereocenters. The molecule has 0 saturated carbocycles. The van der Waals surface area contributed by atoms with Crippen LogP contribution < -0.4 is 5.32 Å². The highest BCUT2D eigenvalue weighted by Crippen LogP contribution is 2.25. The van der Waals surface area contributed by atoms with Gasteiger partial charge >= 0.3 is 0 Å². The van der Waals surface area contributed by atoms with Crippen molar-refractivity contribution in [1.29, 1.82) is 0 Å². The van der Waals surface area contributed by atoms with Crippen LogP contribution in [0.2, 0.25) is 0 Å². The maximum absolute atomic E-state index is 4.73. The van der Waals surface area contributed by atoms with Crippen molar-refractivity contribution in [3.63, 3.8) is 0 Å². The van der Waals surface area contributed by atoms with E-state index in [-0.39, 0.29) is 0 Å². The van der Waals surface area contributed by atoms with E-state index >= 15 is 0 Å². The van der Waals surface area contributed by atoms with Gasteiger partial charge in [0, 0.05) is 23.3 Å². The van der Waals surface area contributed by atoms with Crippen molar-refractivity contribution in [3.05, 3.63) is 35.5 Å². The first-order valence-electron chi connectivity index (χ1n) is 6.88. The number of aromatic nitrogens is 1. The Hall–Kier alpha value is -1.57. The van der Waals surface area contributed by atoms with E-state index in [1.165, 1.54) is 22.3 Å². The molecule has 2 nitrogen and oxygen atoms in total. The Balaban J connectivity index is 2.50. The molecule has 0 spiro atoms. The number of hydrogen-bond acceptors (Lipinski definition) is 2. The van der Waals surface area contributed by atoms with E-state index in [9.17, 15) is 0 Å². The van der Waals surface area contributed by atoms with E-state index in [1.807, 2.05) is 0 Å². The molecule has 0 unspecified atom stereocenters. The molecule has 2 aromatic rings. The zero-order valence-corrected chi connectivity index (χ0v) is 11.6. The van der Waals surface area contributed by atoms with E-state index in [1.54, 1.807) is 0 Å². The van der Waals surface area contributed by atoms with Gasteiger partial charge in [-0.3, -0.25) is 4.98 Å². The SMILES string of the molecule is CCCNc1cc(CCC)nc2ccc(C)cc12. The Kier molecular flexibility index (Phi) is 4.19. The van der Waals surface area contributed by atoms with E-state index in [0.717, 1.165) is 31.3 Å². The molecule has 0 aliphatic heterocycles. The third-order valence-corrected chi connectivity index (χ3v) is 3.09. The monoisotopic (exact) mass is 242 g/mol. The van der Waals surface area contributed by atoms with E-state index in [0.29, 0.717) is 0 Å². The molecule has 1 aromatic carbocycles. The molecule has 0 aliphatic rings. The van der Waals surface area contributed by atoms with Gasteiger partial charge in [-0.2, -0.15) is 0 Å². The molecular weight excluding hydrogens is 220 g/mol. The Morgan fingerprint density at radius 2 is 1.94 bits per heavy atom. The molecule has 1 N–H and O–H groups in total. The lowest BCUT2D eigenvalue weighted by molar-refractivity contribution is 0.888. The summed E-state index contributed by atoms with van der Waals surface area (Å²) in [6.07, 6.45) is 3.32. The highest BCUT2D eigenvalue weighted by molar-refractivity contribution is 5.92. The van der Waals surface area contributed by atoms with Crippen molar-refractivity contribution in [1.82, 2.24) is 4.98 Å².